The van der Waals surface area contributed by atoms with Crippen molar-refractivity contribution in [3.05, 3.63) is 0 Å². The second kappa shape index (κ2) is 4.34. The molecule has 2 aliphatic rings. The minimum Gasteiger partial charge on any atom is -0.392 e. The lowest BCUT2D eigenvalue weighted by atomic mass is 9.90. The van der Waals surface area contributed by atoms with Gasteiger partial charge in [0.05, 0.1) is 12.0 Å². The van der Waals surface area contributed by atoms with Crippen molar-refractivity contribution in [1.82, 2.24) is 10.6 Å². The number of rotatable bonds is 5. The van der Waals surface area contributed by atoms with Crippen LogP contribution in [0.2, 0.25) is 0 Å². The van der Waals surface area contributed by atoms with Crippen molar-refractivity contribution in [2.75, 3.05) is 19.6 Å². The maximum absolute atomic E-state index is 11.7. The Hall–Kier alpha value is -0.610. The summed E-state index contributed by atoms with van der Waals surface area (Å²) >= 11 is 0. The molecule has 0 aromatic carbocycles. The molecule has 1 saturated heterocycles. The van der Waals surface area contributed by atoms with E-state index < -0.39 is 0 Å². The molecule has 2 fully saturated rings. The Bertz CT molecular complexity index is 270. The first kappa shape index (κ1) is 11.9. The normalized spacial score (nSPS) is 25.0. The van der Waals surface area contributed by atoms with E-state index in [-0.39, 0.29) is 29.3 Å². The van der Waals surface area contributed by atoms with Crippen molar-refractivity contribution in [3.63, 3.8) is 0 Å². The second-order valence-electron chi connectivity index (χ2n) is 5.62. The number of hydrogen-bond acceptors (Lipinski definition) is 3. The average molecular weight is 226 g/mol. The minimum absolute atomic E-state index is 0.0268. The standard InChI is InChI=1S/C12H22N2O2/c1-8(2)10(15)12(3-4-12)7-14-11(16)9-5-13-6-9/h8-10,13,15H,3-7H2,1-2H3,(H,14,16). The van der Waals surface area contributed by atoms with Crippen LogP contribution in [0.3, 0.4) is 0 Å². The zero-order valence-corrected chi connectivity index (χ0v) is 10.1. The summed E-state index contributed by atoms with van der Waals surface area (Å²) in [6, 6.07) is 0. The monoisotopic (exact) mass is 226 g/mol. The van der Waals surface area contributed by atoms with E-state index in [4.69, 9.17) is 0 Å². The van der Waals surface area contributed by atoms with Gasteiger partial charge in [0.15, 0.2) is 0 Å². The summed E-state index contributed by atoms with van der Waals surface area (Å²) < 4.78 is 0. The van der Waals surface area contributed by atoms with Crippen molar-refractivity contribution in [2.24, 2.45) is 17.3 Å². The Balaban J connectivity index is 1.78. The number of amides is 1. The first-order valence-electron chi connectivity index (χ1n) is 6.22. The van der Waals surface area contributed by atoms with Gasteiger partial charge in [0, 0.05) is 25.0 Å². The molecule has 3 N–H and O–H groups in total. The van der Waals surface area contributed by atoms with E-state index in [1.165, 1.54) is 0 Å². The summed E-state index contributed by atoms with van der Waals surface area (Å²) in [4.78, 5) is 11.7. The highest BCUT2D eigenvalue weighted by Gasteiger charge is 2.50. The number of hydrogen-bond donors (Lipinski definition) is 3. The fourth-order valence-corrected chi connectivity index (χ4v) is 2.33. The molecule has 1 aliphatic heterocycles. The van der Waals surface area contributed by atoms with Crippen LogP contribution in [0.1, 0.15) is 26.7 Å². The van der Waals surface area contributed by atoms with Crippen LogP contribution in [0.5, 0.6) is 0 Å². The largest absolute Gasteiger partial charge is 0.392 e. The molecule has 1 amide bonds. The zero-order chi connectivity index (χ0) is 11.8. The van der Waals surface area contributed by atoms with Crippen LogP contribution in [0, 0.1) is 17.3 Å². The Labute approximate surface area is 96.8 Å². The quantitative estimate of drug-likeness (QED) is 0.624. The lowest BCUT2D eigenvalue weighted by molar-refractivity contribution is -0.127. The van der Waals surface area contributed by atoms with Crippen molar-refractivity contribution in [2.45, 2.75) is 32.8 Å². The first-order valence-corrected chi connectivity index (χ1v) is 6.22. The van der Waals surface area contributed by atoms with Gasteiger partial charge in [-0.2, -0.15) is 0 Å². The van der Waals surface area contributed by atoms with Gasteiger partial charge in [-0.3, -0.25) is 4.79 Å². The van der Waals surface area contributed by atoms with E-state index in [0.29, 0.717) is 6.54 Å². The van der Waals surface area contributed by atoms with E-state index in [2.05, 4.69) is 10.6 Å². The summed E-state index contributed by atoms with van der Waals surface area (Å²) in [6.07, 6.45) is 1.79. The maximum Gasteiger partial charge on any atom is 0.225 e. The molecule has 1 unspecified atom stereocenters. The van der Waals surface area contributed by atoms with Crippen LogP contribution in [-0.4, -0.2) is 36.8 Å². The average Bonchev–Trinajstić information content (AvgIpc) is 2.91. The molecule has 1 aliphatic carbocycles. The Morgan fingerprint density at radius 1 is 1.50 bits per heavy atom. The van der Waals surface area contributed by atoms with Gasteiger partial charge in [-0.05, 0) is 18.8 Å². The predicted octanol–water partition coefficient (Wildman–Crippen LogP) is 0.119. The van der Waals surface area contributed by atoms with Gasteiger partial charge in [-0.1, -0.05) is 13.8 Å². The molecule has 0 aromatic rings. The van der Waals surface area contributed by atoms with Gasteiger partial charge in [0.1, 0.15) is 0 Å². The molecular formula is C12H22N2O2. The molecule has 1 heterocycles. The minimum atomic E-state index is -0.285. The van der Waals surface area contributed by atoms with Gasteiger partial charge in [0.2, 0.25) is 5.91 Å². The molecule has 16 heavy (non-hydrogen) atoms. The van der Waals surface area contributed by atoms with Crippen LogP contribution in [0.15, 0.2) is 0 Å². The molecule has 4 nitrogen and oxygen atoms in total. The molecule has 0 bridgehead atoms. The molecule has 92 valence electrons. The number of carbonyl (C=O) groups is 1. The fourth-order valence-electron chi connectivity index (χ4n) is 2.33. The molecule has 0 spiro atoms. The first-order chi connectivity index (χ1) is 7.55. The van der Waals surface area contributed by atoms with Crippen molar-refractivity contribution in [1.29, 1.82) is 0 Å². The van der Waals surface area contributed by atoms with Crippen LogP contribution >= 0.6 is 0 Å². The summed E-state index contributed by atoms with van der Waals surface area (Å²) in [5, 5.41) is 16.1. The van der Waals surface area contributed by atoms with E-state index >= 15 is 0 Å². The van der Waals surface area contributed by atoms with Gasteiger partial charge >= 0.3 is 0 Å². The lowest BCUT2D eigenvalue weighted by Crippen LogP contribution is -2.52. The van der Waals surface area contributed by atoms with Gasteiger partial charge < -0.3 is 15.7 Å². The van der Waals surface area contributed by atoms with Gasteiger partial charge in [-0.25, -0.2) is 0 Å². The van der Waals surface area contributed by atoms with Gasteiger partial charge in [0.25, 0.3) is 0 Å². The Kier molecular flexibility index (Phi) is 3.22. The smallest absolute Gasteiger partial charge is 0.225 e. The third kappa shape index (κ3) is 2.23. The molecule has 1 atom stereocenters. The zero-order valence-electron chi connectivity index (χ0n) is 10.1. The molecular weight excluding hydrogens is 204 g/mol. The molecule has 2 rings (SSSR count). The van der Waals surface area contributed by atoms with Crippen LogP contribution in [-0.2, 0) is 4.79 Å². The Morgan fingerprint density at radius 2 is 2.12 bits per heavy atom. The highest BCUT2D eigenvalue weighted by atomic mass is 16.3. The maximum atomic E-state index is 11.7. The SMILES string of the molecule is CC(C)C(O)C1(CNC(=O)C2CNC2)CC1. The molecule has 4 heteroatoms. The number of aliphatic hydroxyl groups excluding tert-OH is 1. The third-order valence-electron chi connectivity index (χ3n) is 3.92. The lowest BCUT2D eigenvalue weighted by Gasteiger charge is -2.29. The number of carbonyl (C=O) groups excluding carboxylic acids is 1. The summed E-state index contributed by atoms with van der Waals surface area (Å²) in [7, 11) is 0. The number of nitrogens with one attached hydrogen (secondary N) is 2. The van der Waals surface area contributed by atoms with Crippen molar-refractivity contribution in [3.8, 4) is 0 Å². The van der Waals surface area contributed by atoms with Gasteiger partial charge in [-0.15, -0.1) is 0 Å². The Morgan fingerprint density at radius 3 is 2.50 bits per heavy atom. The summed E-state index contributed by atoms with van der Waals surface area (Å²) in [6.45, 7) is 6.30. The molecule has 1 saturated carbocycles. The summed E-state index contributed by atoms with van der Waals surface area (Å²) in [5.41, 5.74) is -0.0268. The third-order valence-corrected chi connectivity index (χ3v) is 3.92. The van der Waals surface area contributed by atoms with Crippen molar-refractivity contribution < 1.29 is 9.90 Å². The fraction of sp³-hybridized carbons (Fsp3) is 0.917. The van der Waals surface area contributed by atoms with Crippen LogP contribution in [0.25, 0.3) is 0 Å². The topological polar surface area (TPSA) is 61.4 Å². The molecule has 0 aromatic heterocycles. The molecule has 0 radical (unpaired) electrons. The van der Waals surface area contributed by atoms with E-state index in [9.17, 15) is 9.90 Å². The van der Waals surface area contributed by atoms with Crippen LogP contribution in [0.4, 0.5) is 0 Å². The van der Waals surface area contributed by atoms with E-state index in [1.54, 1.807) is 0 Å². The highest BCUT2D eigenvalue weighted by molar-refractivity contribution is 5.80. The predicted molar refractivity (Wildman–Crippen MR) is 61.9 cm³/mol. The second-order valence-corrected chi connectivity index (χ2v) is 5.62. The summed E-state index contributed by atoms with van der Waals surface area (Å²) in [5.74, 6) is 0.553. The highest BCUT2D eigenvalue weighted by Crippen LogP contribution is 2.50. The van der Waals surface area contributed by atoms with E-state index in [0.717, 1.165) is 25.9 Å². The van der Waals surface area contributed by atoms with Crippen molar-refractivity contribution >= 4 is 5.91 Å². The number of aliphatic hydroxyl groups is 1. The van der Waals surface area contributed by atoms with E-state index in [1.807, 2.05) is 13.8 Å². The van der Waals surface area contributed by atoms with Crippen LogP contribution < -0.4 is 10.6 Å².